The number of hydrogen-bond acceptors (Lipinski definition) is 4. The minimum absolute atomic E-state index is 0.0486. The Bertz CT molecular complexity index is 888. The molecule has 2 aromatic carbocycles. The monoisotopic (exact) mass is 393 g/mol. The Morgan fingerprint density at radius 3 is 2.35 bits per heavy atom. The largest absolute Gasteiger partial charge is 0.497 e. The van der Waals surface area contributed by atoms with Crippen molar-refractivity contribution in [1.29, 1.82) is 0 Å². The summed E-state index contributed by atoms with van der Waals surface area (Å²) in [6, 6.07) is 13.3. The van der Waals surface area contributed by atoms with Gasteiger partial charge in [0.15, 0.2) is 5.78 Å². The predicted octanol–water partition coefficient (Wildman–Crippen LogP) is 3.63. The van der Waals surface area contributed by atoms with Crippen molar-refractivity contribution < 1.29 is 17.9 Å². The minimum atomic E-state index is -3.59. The Labute approximate surface area is 158 Å². The van der Waals surface area contributed by atoms with E-state index in [1.165, 1.54) is 16.4 Å². The normalized spacial score (nSPS) is 16.4. The molecule has 138 valence electrons. The van der Waals surface area contributed by atoms with E-state index in [0.717, 1.165) is 0 Å². The van der Waals surface area contributed by atoms with Gasteiger partial charge in [0.25, 0.3) is 0 Å². The fourth-order valence-electron chi connectivity index (χ4n) is 3.13. The smallest absolute Gasteiger partial charge is 0.243 e. The van der Waals surface area contributed by atoms with Crippen molar-refractivity contribution in [1.82, 2.24) is 4.31 Å². The zero-order valence-corrected chi connectivity index (χ0v) is 16.0. The molecule has 0 spiro atoms. The lowest BCUT2D eigenvalue weighted by Gasteiger charge is -2.30. The third-order valence-electron chi connectivity index (χ3n) is 4.63. The zero-order chi connectivity index (χ0) is 18.7. The van der Waals surface area contributed by atoms with Gasteiger partial charge in [-0.15, -0.1) is 0 Å². The van der Waals surface area contributed by atoms with Crippen LogP contribution in [0.1, 0.15) is 23.2 Å². The molecule has 1 fully saturated rings. The molecule has 1 aliphatic rings. The van der Waals surface area contributed by atoms with Crippen LogP contribution in [0.15, 0.2) is 53.4 Å². The number of rotatable bonds is 5. The summed E-state index contributed by atoms with van der Waals surface area (Å²) < 4.78 is 32.0. The van der Waals surface area contributed by atoms with Crippen LogP contribution in [-0.2, 0) is 10.0 Å². The quantitative estimate of drug-likeness (QED) is 0.727. The number of carbonyl (C=O) groups excluding carboxylic acids is 1. The van der Waals surface area contributed by atoms with Crippen molar-refractivity contribution >= 4 is 27.4 Å². The van der Waals surface area contributed by atoms with E-state index in [4.69, 9.17) is 16.3 Å². The van der Waals surface area contributed by atoms with Crippen molar-refractivity contribution in [2.24, 2.45) is 5.92 Å². The van der Waals surface area contributed by atoms with Crippen molar-refractivity contribution in [2.75, 3.05) is 20.2 Å². The molecule has 1 saturated heterocycles. The van der Waals surface area contributed by atoms with E-state index >= 15 is 0 Å². The topological polar surface area (TPSA) is 63.7 Å². The Morgan fingerprint density at radius 2 is 1.77 bits per heavy atom. The highest BCUT2D eigenvalue weighted by atomic mass is 35.5. The maximum atomic E-state index is 12.7. The fraction of sp³-hybridized carbons (Fsp3) is 0.316. The average Bonchev–Trinajstić information content (AvgIpc) is 2.67. The molecular weight excluding hydrogens is 374 g/mol. The van der Waals surface area contributed by atoms with Crippen LogP contribution < -0.4 is 4.74 Å². The molecular formula is C19H20ClNO4S. The Kier molecular flexibility index (Phi) is 5.65. The Hall–Kier alpha value is -1.89. The highest BCUT2D eigenvalue weighted by Gasteiger charge is 2.32. The molecule has 0 saturated carbocycles. The van der Waals surface area contributed by atoms with Gasteiger partial charge in [0.1, 0.15) is 5.75 Å². The lowest BCUT2D eigenvalue weighted by Crippen LogP contribution is -2.40. The van der Waals surface area contributed by atoms with Crippen LogP contribution in [0.3, 0.4) is 0 Å². The van der Waals surface area contributed by atoms with Gasteiger partial charge in [-0.2, -0.15) is 4.31 Å². The van der Waals surface area contributed by atoms with Crippen LogP contribution >= 0.6 is 11.6 Å². The van der Waals surface area contributed by atoms with E-state index in [1.54, 1.807) is 43.5 Å². The van der Waals surface area contributed by atoms with E-state index in [-0.39, 0.29) is 16.6 Å². The van der Waals surface area contributed by atoms with Crippen molar-refractivity contribution in [3.8, 4) is 5.75 Å². The lowest BCUT2D eigenvalue weighted by molar-refractivity contribution is 0.0875. The molecule has 0 atom stereocenters. The number of nitrogens with zero attached hydrogens (tertiary/aromatic N) is 1. The van der Waals surface area contributed by atoms with Gasteiger partial charge in [0.2, 0.25) is 10.0 Å². The van der Waals surface area contributed by atoms with Gasteiger partial charge in [-0.05, 0) is 55.3 Å². The van der Waals surface area contributed by atoms with Crippen molar-refractivity contribution in [3.05, 3.63) is 59.1 Å². The average molecular weight is 394 g/mol. The second-order valence-corrected chi connectivity index (χ2v) is 8.60. The molecule has 0 unspecified atom stereocenters. The zero-order valence-electron chi connectivity index (χ0n) is 14.4. The number of ether oxygens (including phenoxy) is 1. The summed E-state index contributed by atoms with van der Waals surface area (Å²) in [6.45, 7) is 0.642. The van der Waals surface area contributed by atoms with E-state index in [9.17, 15) is 13.2 Å². The van der Waals surface area contributed by atoms with E-state index in [0.29, 0.717) is 42.3 Å². The standard InChI is InChI=1S/C19H20ClNO4S/c1-25-17-7-5-14(6-8-17)19(22)15-9-11-21(12-10-15)26(23,24)18-4-2-3-16(20)13-18/h2-8,13,15H,9-12H2,1H3. The second-order valence-electron chi connectivity index (χ2n) is 6.23. The highest BCUT2D eigenvalue weighted by molar-refractivity contribution is 7.89. The number of halogens is 1. The summed E-state index contributed by atoms with van der Waals surface area (Å²) in [5.74, 6) is 0.575. The number of carbonyl (C=O) groups is 1. The van der Waals surface area contributed by atoms with Crippen LogP contribution in [0.5, 0.6) is 5.75 Å². The molecule has 7 heteroatoms. The summed E-state index contributed by atoms with van der Waals surface area (Å²) in [5.41, 5.74) is 0.627. The van der Waals surface area contributed by atoms with E-state index in [1.807, 2.05) is 0 Å². The minimum Gasteiger partial charge on any atom is -0.497 e. The molecule has 0 aromatic heterocycles. The molecule has 0 radical (unpaired) electrons. The first-order chi connectivity index (χ1) is 12.4. The predicted molar refractivity (Wildman–Crippen MR) is 100 cm³/mol. The molecule has 1 aliphatic heterocycles. The summed E-state index contributed by atoms with van der Waals surface area (Å²) in [5, 5.41) is 0.385. The lowest BCUT2D eigenvalue weighted by atomic mass is 9.89. The van der Waals surface area contributed by atoms with Gasteiger partial charge in [0, 0.05) is 29.6 Å². The number of hydrogen-bond donors (Lipinski definition) is 0. The first kappa shape index (κ1) is 18.9. The van der Waals surface area contributed by atoms with Gasteiger partial charge < -0.3 is 4.74 Å². The molecule has 0 bridgehead atoms. The van der Waals surface area contributed by atoms with Gasteiger partial charge in [-0.1, -0.05) is 17.7 Å². The first-order valence-electron chi connectivity index (χ1n) is 8.36. The van der Waals surface area contributed by atoms with Crippen LogP contribution in [-0.4, -0.2) is 38.7 Å². The number of piperidine rings is 1. The maximum absolute atomic E-state index is 12.7. The maximum Gasteiger partial charge on any atom is 0.243 e. The Morgan fingerprint density at radius 1 is 1.12 bits per heavy atom. The first-order valence-corrected chi connectivity index (χ1v) is 10.2. The molecule has 2 aromatic rings. The fourth-order valence-corrected chi connectivity index (χ4v) is 4.90. The number of Topliss-reactive ketones (excluding diaryl/α,β-unsaturated/α-hetero) is 1. The van der Waals surface area contributed by atoms with Crippen LogP contribution in [0.2, 0.25) is 5.02 Å². The third kappa shape index (κ3) is 3.92. The summed E-state index contributed by atoms with van der Waals surface area (Å²) in [4.78, 5) is 12.8. The summed E-state index contributed by atoms with van der Waals surface area (Å²) >= 11 is 5.91. The van der Waals surface area contributed by atoms with Crippen LogP contribution in [0.25, 0.3) is 0 Å². The van der Waals surface area contributed by atoms with Gasteiger partial charge >= 0.3 is 0 Å². The third-order valence-corrected chi connectivity index (χ3v) is 6.76. The molecule has 5 nitrogen and oxygen atoms in total. The molecule has 0 amide bonds. The Balaban J connectivity index is 1.67. The van der Waals surface area contributed by atoms with Gasteiger partial charge in [0.05, 0.1) is 12.0 Å². The number of benzene rings is 2. The second kappa shape index (κ2) is 7.78. The molecule has 0 aliphatic carbocycles. The summed E-state index contributed by atoms with van der Waals surface area (Å²) in [6.07, 6.45) is 1.01. The van der Waals surface area contributed by atoms with Crippen molar-refractivity contribution in [3.63, 3.8) is 0 Å². The van der Waals surface area contributed by atoms with Crippen molar-refractivity contribution in [2.45, 2.75) is 17.7 Å². The molecule has 1 heterocycles. The number of methoxy groups -OCH3 is 1. The summed E-state index contributed by atoms with van der Waals surface area (Å²) in [7, 11) is -2.01. The van der Waals surface area contributed by atoms with Crippen LogP contribution in [0.4, 0.5) is 0 Å². The molecule has 3 rings (SSSR count). The van der Waals surface area contributed by atoms with E-state index < -0.39 is 10.0 Å². The molecule has 0 N–H and O–H groups in total. The highest BCUT2D eigenvalue weighted by Crippen LogP contribution is 2.27. The van der Waals surface area contributed by atoms with Gasteiger partial charge in [-0.25, -0.2) is 8.42 Å². The van der Waals surface area contributed by atoms with E-state index in [2.05, 4.69) is 0 Å². The SMILES string of the molecule is COc1ccc(C(=O)C2CCN(S(=O)(=O)c3cccc(Cl)c3)CC2)cc1. The van der Waals surface area contributed by atoms with Gasteiger partial charge in [-0.3, -0.25) is 4.79 Å². The number of sulfonamides is 1. The van der Waals surface area contributed by atoms with Crippen LogP contribution in [0, 0.1) is 5.92 Å². The number of ketones is 1. The molecule has 26 heavy (non-hydrogen) atoms.